The van der Waals surface area contributed by atoms with Crippen molar-refractivity contribution < 1.29 is 4.79 Å². The van der Waals surface area contributed by atoms with Crippen LogP contribution in [0.3, 0.4) is 0 Å². The van der Waals surface area contributed by atoms with Crippen LogP contribution in [0.4, 0.5) is 0 Å². The third-order valence-electron chi connectivity index (χ3n) is 2.77. The van der Waals surface area contributed by atoms with Crippen LogP contribution in [0.25, 0.3) is 0 Å². The third kappa shape index (κ3) is 3.33. The van der Waals surface area contributed by atoms with E-state index in [0.29, 0.717) is 10.6 Å². The van der Waals surface area contributed by atoms with Crippen molar-refractivity contribution in [2.45, 2.75) is 26.8 Å². The first-order valence-electron chi connectivity index (χ1n) is 5.96. The second kappa shape index (κ2) is 5.72. The van der Waals surface area contributed by atoms with Gasteiger partial charge >= 0.3 is 0 Å². The zero-order valence-electron chi connectivity index (χ0n) is 11.0. The molecule has 5 heteroatoms. The molecule has 0 fully saturated rings. The number of amides is 1. The Morgan fingerprint density at radius 1 is 1.42 bits per heavy atom. The average molecular weight is 295 g/mol. The van der Waals surface area contributed by atoms with Crippen LogP contribution in [0.2, 0.25) is 5.02 Å². The Kier molecular flexibility index (Phi) is 4.22. The van der Waals surface area contributed by atoms with Crippen molar-refractivity contribution in [1.29, 1.82) is 0 Å². The van der Waals surface area contributed by atoms with Gasteiger partial charge in [0.1, 0.15) is 0 Å². The molecule has 19 heavy (non-hydrogen) atoms. The van der Waals surface area contributed by atoms with Crippen LogP contribution in [0.1, 0.15) is 38.8 Å². The van der Waals surface area contributed by atoms with Crippen molar-refractivity contribution in [3.8, 4) is 0 Å². The molecule has 2 aromatic heterocycles. The maximum atomic E-state index is 12.1. The summed E-state index contributed by atoms with van der Waals surface area (Å²) in [4.78, 5) is 18.6. The zero-order chi connectivity index (χ0) is 14.0. The van der Waals surface area contributed by atoms with Crippen molar-refractivity contribution in [2.75, 3.05) is 0 Å². The van der Waals surface area contributed by atoms with Crippen molar-refractivity contribution in [1.82, 2.24) is 10.3 Å². The van der Waals surface area contributed by atoms with Crippen molar-refractivity contribution >= 4 is 28.8 Å². The molecule has 2 heterocycles. The largest absolute Gasteiger partial charge is 0.345 e. The lowest BCUT2D eigenvalue weighted by molar-refractivity contribution is 0.0940. The van der Waals surface area contributed by atoms with E-state index in [2.05, 4.69) is 10.3 Å². The molecule has 0 saturated carbocycles. The molecular weight excluding hydrogens is 280 g/mol. The fourth-order valence-electron chi connectivity index (χ4n) is 1.73. The number of thiophene rings is 1. The van der Waals surface area contributed by atoms with Gasteiger partial charge in [0.25, 0.3) is 5.91 Å². The lowest BCUT2D eigenvalue weighted by Crippen LogP contribution is -2.26. The van der Waals surface area contributed by atoms with Crippen LogP contribution >= 0.6 is 22.9 Å². The lowest BCUT2D eigenvalue weighted by atomic mass is 10.2. The number of nitrogens with zero attached hydrogens (tertiary/aromatic N) is 1. The molecule has 1 unspecified atom stereocenters. The summed E-state index contributed by atoms with van der Waals surface area (Å²) in [6.45, 7) is 5.84. The maximum absolute atomic E-state index is 12.1. The van der Waals surface area contributed by atoms with Crippen molar-refractivity contribution in [3.05, 3.63) is 50.4 Å². The Balaban J connectivity index is 2.12. The van der Waals surface area contributed by atoms with E-state index in [1.807, 2.05) is 32.9 Å². The molecule has 0 aliphatic rings. The van der Waals surface area contributed by atoms with E-state index in [4.69, 9.17) is 11.6 Å². The summed E-state index contributed by atoms with van der Waals surface area (Å²) in [6, 6.07) is 5.72. The molecule has 0 aliphatic heterocycles. The second-order valence-electron chi connectivity index (χ2n) is 4.45. The number of carbonyl (C=O) groups excluding carboxylic acids is 1. The van der Waals surface area contributed by atoms with E-state index >= 15 is 0 Å². The van der Waals surface area contributed by atoms with Crippen molar-refractivity contribution in [3.63, 3.8) is 0 Å². The number of pyridine rings is 1. The highest BCUT2D eigenvalue weighted by atomic mass is 35.5. The van der Waals surface area contributed by atoms with Crippen LogP contribution in [0, 0.1) is 13.8 Å². The van der Waals surface area contributed by atoms with Gasteiger partial charge in [0, 0.05) is 21.6 Å². The van der Waals surface area contributed by atoms with Crippen LogP contribution in [-0.4, -0.2) is 10.9 Å². The third-order valence-corrected chi connectivity index (χ3v) is 4.27. The van der Waals surface area contributed by atoms with Crippen LogP contribution in [0.5, 0.6) is 0 Å². The topological polar surface area (TPSA) is 42.0 Å². The number of hydrogen-bond donors (Lipinski definition) is 1. The predicted octanol–water partition coefficient (Wildman–Crippen LogP) is 3.90. The number of nitrogens with one attached hydrogen (secondary N) is 1. The quantitative estimate of drug-likeness (QED) is 0.933. The average Bonchev–Trinajstić information content (AvgIpc) is 2.75. The number of aryl methyl sites for hydroxylation is 2. The first-order valence-corrected chi connectivity index (χ1v) is 7.16. The molecule has 100 valence electrons. The minimum Gasteiger partial charge on any atom is -0.345 e. The Labute approximate surface area is 121 Å². The fourth-order valence-corrected chi connectivity index (χ4v) is 2.90. The molecular formula is C14H15ClN2OS. The molecule has 0 aliphatic carbocycles. The van der Waals surface area contributed by atoms with Gasteiger partial charge in [0.05, 0.1) is 16.6 Å². The van der Waals surface area contributed by atoms with Gasteiger partial charge in [-0.15, -0.1) is 11.3 Å². The van der Waals surface area contributed by atoms with Crippen molar-refractivity contribution in [2.24, 2.45) is 0 Å². The van der Waals surface area contributed by atoms with Gasteiger partial charge in [-0.3, -0.25) is 9.78 Å². The van der Waals surface area contributed by atoms with Crippen LogP contribution in [-0.2, 0) is 0 Å². The smallest absolute Gasteiger partial charge is 0.254 e. The summed E-state index contributed by atoms with van der Waals surface area (Å²) < 4.78 is 0. The highest BCUT2D eigenvalue weighted by Crippen LogP contribution is 2.23. The van der Waals surface area contributed by atoms with Crippen LogP contribution < -0.4 is 5.32 Å². The zero-order valence-corrected chi connectivity index (χ0v) is 12.6. The van der Waals surface area contributed by atoms with Gasteiger partial charge in [-0.2, -0.15) is 0 Å². The molecule has 3 nitrogen and oxygen atoms in total. The summed E-state index contributed by atoms with van der Waals surface area (Å²) in [6.07, 6.45) is 1.51. The molecule has 1 amide bonds. The molecule has 0 saturated heterocycles. The Morgan fingerprint density at radius 2 is 2.16 bits per heavy atom. The van der Waals surface area contributed by atoms with Gasteiger partial charge in [-0.25, -0.2) is 0 Å². The molecule has 0 aromatic carbocycles. The van der Waals surface area contributed by atoms with Gasteiger partial charge in [-0.1, -0.05) is 11.6 Å². The molecule has 0 bridgehead atoms. The number of carbonyl (C=O) groups is 1. The first-order chi connectivity index (χ1) is 8.97. The molecule has 2 rings (SSSR count). The highest BCUT2D eigenvalue weighted by Gasteiger charge is 2.15. The predicted molar refractivity (Wildman–Crippen MR) is 78.9 cm³/mol. The van der Waals surface area contributed by atoms with Gasteiger partial charge < -0.3 is 5.32 Å². The SMILES string of the molecule is Cc1cc(Cl)c(C(=O)NC(C)c2ccc(C)s2)cn1. The van der Waals surface area contributed by atoms with Gasteiger partial charge in [-0.05, 0) is 39.0 Å². The van der Waals surface area contributed by atoms with E-state index in [0.717, 1.165) is 10.6 Å². The first kappa shape index (κ1) is 14.0. The Hall–Kier alpha value is -1.39. The fraction of sp³-hybridized carbons (Fsp3) is 0.286. The second-order valence-corrected chi connectivity index (χ2v) is 6.18. The number of halogens is 1. The molecule has 2 aromatic rings. The van der Waals surface area contributed by atoms with E-state index in [-0.39, 0.29) is 11.9 Å². The molecule has 0 spiro atoms. The molecule has 0 radical (unpaired) electrons. The molecule has 1 atom stereocenters. The Morgan fingerprint density at radius 3 is 2.74 bits per heavy atom. The minimum atomic E-state index is -0.198. The van der Waals surface area contributed by atoms with Crippen LogP contribution in [0.15, 0.2) is 24.4 Å². The van der Waals surface area contributed by atoms with Gasteiger partial charge in [0.15, 0.2) is 0 Å². The van der Waals surface area contributed by atoms with E-state index in [1.54, 1.807) is 17.4 Å². The Bertz CT molecular complexity index is 609. The summed E-state index contributed by atoms with van der Waals surface area (Å²) in [5.74, 6) is -0.198. The summed E-state index contributed by atoms with van der Waals surface area (Å²) in [5.41, 5.74) is 1.20. The normalized spacial score (nSPS) is 12.2. The summed E-state index contributed by atoms with van der Waals surface area (Å²) in [7, 11) is 0. The number of rotatable bonds is 3. The minimum absolute atomic E-state index is 0.0384. The highest BCUT2D eigenvalue weighted by molar-refractivity contribution is 7.12. The standard InChI is InChI=1S/C14H15ClN2OS/c1-8-6-12(15)11(7-16-8)14(18)17-10(3)13-5-4-9(2)19-13/h4-7,10H,1-3H3,(H,17,18). The summed E-state index contributed by atoms with van der Waals surface area (Å²) in [5, 5.41) is 3.36. The van der Waals surface area contributed by atoms with E-state index in [1.165, 1.54) is 11.1 Å². The van der Waals surface area contributed by atoms with E-state index in [9.17, 15) is 4.79 Å². The number of hydrogen-bond acceptors (Lipinski definition) is 3. The number of aromatic nitrogens is 1. The lowest BCUT2D eigenvalue weighted by Gasteiger charge is -2.13. The van der Waals surface area contributed by atoms with Gasteiger partial charge in [0.2, 0.25) is 0 Å². The summed E-state index contributed by atoms with van der Waals surface area (Å²) >= 11 is 7.74. The molecule has 1 N–H and O–H groups in total. The maximum Gasteiger partial charge on any atom is 0.254 e. The monoisotopic (exact) mass is 294 g/mol. The van der Waals surface area contributed by atoms with E-state index < -0.39 is 0 Å².